The summed E-state index contributed by atoms with van der Waals surface area (Å²) in [5.41, 5.74) is 4.57. The molecule has 3 nitrogen and oxygen atoms in total. The monoisotopic (exact) mass is 269 g/mol. The first-order chi connectivity index (χ1) is 9.24. The maximum Gasteiger partial charge on any atom is 0.138 e. The molecule has 0 spiro atoms. The number of aromatic nitrogens is 2. The molecule has 0 N–H and O–H groups in total. The molecule has 0 amide bonds. The molecule has 19 heavy (non-hydrogen) atoms. The van der Waals surface area contributed by atoms with E-state index in [1.807, 2.05) is 25.1 Å². The summed E-state index contributed by atoms with van der Waals surface area (Å²) >= 11 is 6.20. The Morgan fingerprint density at radius 2 is 2.32 bits per heavy atom. The van der Waals surface area contributed by atoms with Crippen molar-refractivity contribution >= 4 is 17.7 Å². The molecule has 0 atom stereocenters. The zero-order chi connectivity index (χ0) is 13.4. The van der Waals surface area contributed by atoms with E-state index in [9.17, 15) is 5.26 Å². The highest BCUT2D eigenvalue weighted by Crippen LogP contribution is 2.36. The van der Waals surface area contributed by atoms with Gasteiger partial charge in [-0.15, -0.1) is 0 Å². The molecule has 4 heteroatoms. The largest absolute Gasteiger partial charge is 0.339 e. The van der Waals surface area contributed by atoms with Crippen molar-refractivity contribution in [2.45, 2.75) is 19.9 Å². The average molecular weight is 270 g/mol. The van der Waals surface area contributed by atoms with E-state index in [2.05, 4.69) is 21.7 Å². The van der Waals surface area contributed by atoms with E-state index in [-0.39, 0.29) is 0 Å². The predicted octanol–water partition coefficient (Wildman–Crippen LogP) is 3.80. The van der Waals surface area contributed by atoms with Gasteiger partial charge in [0, 0.05) is 18.3 Å². The summed E-state index contributed by atoms with van der Waals surface area (Å²) in [6.07, 6.45) is 6.76. The van der Waals surface area contributed by atoms with Crippen LogP contribution in [0.2, 0.25) is 5.15 Å². The number of hydrogen-bond donors (Lipinski definition) is 0. The smallest absolute Gasteiger partial charge is 0.138 e. The van der Waals surface area contributed by atoms with Gasteiger partial charge in [0.05, 0.1) is 17.0 Å². The highest BCUT2D eigenvalue weighted by atomic mass is 35.5. The van der Waals surface area contributed by atoms with Crippen LogP contribution in [-0.2, 0) is 6.54 Å². The van der Waals surface area contributed by atoms with Crippen LogP contribution in [0.3, 0.4) is 0 Å². The van der Waals surface area contributed by atoms with Crippen molar-refractivity contribution in [2.24, 2.45) is 0 Å². The summed E-state index contributed by atoms with van der Waals surface area (Å²) in [6, 6.07) is 6.11. The van der Waals surface area contributed by atoms with Crippen LogP contribution in [-0.4, -0.2) is 9.55 Å². The summed E-state index contributed by atoms with van der Waals surface area (Å²) in [4.78, 5) is 4.13. The molecule has 3 rings (SSSR count). The minimum Gasteiger partial charge on any atom is -0.339 e. The Balaban J connectivity index is 2.35. The van der Waals surface area contributed by atoms with Gasteiger partial charge in [-0.1, -0.05) is 17.7 Å². The Morgan fingerprint density at radius 1 is 1.47 bits per heavy atom. The van der Waals surface area contributed by atoms with Gasteiger partial charge in [0.1, 0.15) is 11.2 Å². The Labute approximate surface area is 116 Å². The lowest BCUT2D eigenvalue weighted by atomic mass is 10.1. The van der Waals surface area contributed by atoms with Crippen LogP contribution < -0.4 is 0 Å². The predicted molar refractivity (Wildman–Crippen MR) is 75.8 cm³/mol. The second-order valence-corrected chi connectivity index (χ2v) is 4.89. The molecule has 2 aromatic heterocycles. The lowest BCUT2D eigenvalue weighted by Crippen LogP contribution is -2.05. The highest BCUT2D eigenvalue weighted by Gasteiger charge is 2.22. The standard InChI is InChI=1S/C15H12ClN3/c1-10-12(9-17)13-6-2-3-8-19(13)14(10)11-5-4-7-18-15(11)16/h2,4-7H,3,8H2,1H3. The SMILES string of the molecule is Cc1c(C#N)c2n(c1-c1cccnc1Cl)CCC=C2. The quantitative estimate of drug-likeness (QED) is 0.739. The maximum absolute atomic E-state index is 9.36. The molecular formula is C15H12ClN3. The van der Waals surface area contributed by atoms with Crippen LogP contribution in [0.5, 0.6) is 0 Å². The summed E-state index contributed by atoms with van der Waals surface area (Å²) in [6.45, 7) is 2.84. The summed E-state index contributed by atoms with van der Waals surface area (Å²) in [7, 11) is 0. The third-order valence-electron chi connectivity index (χ3n) is 3.47. The van der Waals surface area contributed by atoms with Crippen molar-refractivity contribution in [3.8, 4) is 17.3 Å². The van der Waals surface area contributed by atoms with E-state index in [4.69, 9.17) is 11.6 Å². The second-order valence-electron chi connectivity index (χ2n) is 4.53. The van der Waals surface area contributed by atoms with Crippen molar-refractivity contribution in [2.75, 3.05) is 0 Å². The van der Waals surface area contributed by atoms with Crippen molar-refractivity contribution in [3.05, 3.63) is 46.4 Å². The minimum absolute atomic E-state index is 0.477. The average Bonchev–Trinajstić information content (AvgIpc) is 2.71. The first-order valence-electron chi connectivity index (χ1n) is 6.14. The van der Waals surface area contributed by atoms with Gasteiger partial charge in [-0.25, -0.2) is 4.98 Å². The van der Waals surface area contributed by atoms with Crippen molar-refractivity contribution in [1.82, 2.24) is 9.55 Å². The summed E-state index contributed by atoms with van der Waals surface area (Å²) in [5, 5.41) is 9.83. The number of fused-ring (bicyclic) bond motifs is 1. The lowest BCUT2D eigenvalue weighted by molar-refractivity contribution is 0.702. The molecule has 0 saturated heterocycles. The second kappa shape index (κ2) is 4.56. The fourth-order valence-corrected chi connectivity index (χ4v) is 2.83. The number of pyridine rings is 1. The Morgan fingerprint density at radius 3 is 3.05 bits per heavy atom. The van der Waals surface area contributed by atoms with Gasteiger partial charge in [0.15, 0.2) is 0 Å². The zero-order valence-electron chi connectivity index (χ0n) is 10.5. The number of allylic oxidation sites excluding steroid dienone is 1. The normalized spacial score (nSPS) is 13.1. The summed E-state index contributed by atoms with van der Waals surface area (Å²) < 4.78 is 2.16. The fourth-order valence-electron chi connectivity index (χ4n) is 2.62. The van der Waals surface area contributed by atoms with Gasteiger partial charge < -0.3 is 4.57 Å². The van der Waals surface area contributed by atoms with Crippen LogP contribution in [0, 0.1) is 18.3 Å². The van der Waals surface area contributed by atoms with Crippen molar-refractivity contribution in [1.29, 1.82) is 5.26 Å². The first kappa shape index (κ1) is 12.0. The van der Waals surface area contributed by atoms with Crippen LogP contribution in [0.4, 0.5) is 0 Å². The van der Waals surface area contributed by atoms with E-state index < -0.39 is 0 Å². The number of nitrogens with zero attached hydrogens (tertiary/aromatic N) is 3. The number of rotatable bonds is 1. The van der Waals surface area contributed by atoms with Crippen molar-refractivity contribution in [3.63, 3.8) is 0 Å². The Kier molecular flexibility index (Phi) is 2.88. The van der Waals surface area contributed by atoms with E-state index in [0.717, 1.165) is 41.0 Å². The molecule has 1 aliphatic rings. The summed E-state index contributed by atoms with van der Waals surface area (Å²) in [5.74, 6) is 0. The van der Waals surface area contributed by atoms with Crippen molar-refractivity contribution < 1.29 is 0 Å². The van der Waals surface area contributed by atoms with E-state index in [1.165, 1.54) is 0 Å². The van der Waals surface area contributed by atoms with Gasteiger partial charge in [-0.2, -0.15) is 5.26 Å². The van der Waals surface area contributed by atoms with Gasteiger partial charge in [0.25, 0.3) is 0 Å². The molecule has 3 heterocycles. The molecule has 0 fully saturated rings. The van der Waals surface area contributed by atoms with E-state index in [1.54, 1.807) is 6.20 Å². The van der Waals surface area contributed by atoms with E-state index in [0.29, 0.717) is 5.15 Å². The molecule has 0 bridgehead atoms. The molecule has 0 unspecified atom stereocenters. The number of hydrogen-bond acceptors (Lipinski definition) is 2. The van der Waals surface area contributed by atoms with Gasteiger partial charge in [0.2, 0.25) is 0 Å². The minimum atomic E-state index is 0.477. The molecule has 0 radical (unpaired) electrons. The molecule has 0 aromatic carbocycles. The van der Waals surface area contributed by atoms with E-state index >= 15 is 0 Å². The topological polar surface area (TPSA) is 41.6 Å². The van der Waals surface area contributed by atoms with Gasteiger partial charge in [-0.3, -0.25) is 0 Å². The molecule has 1 aliphatic heterocycles. The Bertz CT molecular complexity index is 720. The van der Waals surface area contributed by atoms with Gasteiger partial charge in [-0.05, 0) is 37.1 Å². The third kappa shape index (κ3) is 1.76. The van der Waals surface area contributed by atoms with Crippen LogP contribution in [0.1, 0.15) is 23.2 Å². The molecular weight excluding hydrogens is 258 g/mol. The third-order valence-corrected chi connectivity index (χ3v) is 3.77. The fraction of sp³-hybridized carbons (Fsp3) is 0.200. The maximum atomic E-state index is 9.36. The van der Waals surface area contributed by atoms with Gasteiger partial charge >= 0.3 is 0 Å². The van der Waals surface area contributed by atoms with Crippen LogP contribution in [0.25, 0.3) is 17.3 Å². The molecule has 0 aliphatic carbocycles. The van der Waals surface area contributed by atoms with Crippen LogP contribution in [0.15, 0.2) is 24.4 Å². The Hall–Kier alpha value is -2.05. The number of nitriles is 1. The molecule has 0 saturated carbocycles. The zero-order valence-corrected chi connectivity index (χ0v) is 11.3. The molecule has 2 aromatic rings. The number of halogens is 1. The molecule has 94 valence electrons. The van der Waals surface area contributed by atoms with Crippen LogP contribution >= 0.6 is 11.6 Å². The lowest BCUT2D eigenvalue weighted by Gasteiger charge is -2.15. The first-order valence-corrected chi connectivity index (χ1v) is 6.52. The highest BCUT2D eigenvalue weighted by molar-refractivity contribution is 6.32.